The molecule has 0 radical (unpaired) electrons. The highest BCUT2D eigenvalue weighted by molar-refractivity contribution is 5.80. The number of carbonyl (C=O) groups is 1. The first-order valence-electron chi connectivity index (χ1n) is 5.93. The van der Waals surface area contributed by atoms with Gasteiger partial charge in [0.15, 0.2) is 23.5 Å². The summed E-state index contributed by atoms with van der Waals surface area (Å²) in [5, 5.41) is 19.7. The molecule has 0 aliphatic carbocycles. The third-order valence-electron chi connectivity index (χ3n) is 3.24. The topological polar surface area (TPSA) is 182 Å². The second kappa shape index (κ2) is 4.51. The van der Waals surface area contributed by atoms with E-state index in [1.165, 1.54) is 10.9 Å². The number of anilines is 1. The number of hydrogen-bond acceptors (Lipinski definition) is 8. The maximum Gasteiger partial charge on any atom is 0.280 e. The number of ether oxygens (including phenoxy) is 1. The predicted molar refractivity (Wildman–Crippen MR) is 67.7 cm³/mol. The summed E-state index contributed by atoms with van der Waals surface area (Å²) in [7, 11) is 0. The van der Waals surface area contributed by atoms with E-state index in [-0.39, 0.29) is 17.1 Å². The van der Waals surface area contributed by atoms with Crippen LogP contribution < -0.4 is 17.0 Å². The summed E-state index contributed by atoms with van der Waals surface area (Å²) in [6, 6.07) is 0. The van der Waals surface area contributed by atoms with E-state index in [4.69, 9.17) is 16.2 Å². The Balaban J connectivity index is 2.09. The van der Waals surface area contributed by atoms with Crippen LogP contribution in [0.2, 0.25) is 0 Å². The molecule has 0 aromatic carbocycles. The molecule has 4 atom stereocenters. The van der Waals surface area contributed by atoms with Crippen molar-refractivity contribution in [1.82, 2.24) is 19.5 Å². The summed E-state index contributed by atoms with van der Waals surface area (Å²) < 4.78 is 6.44. The van der Waals surface area contributed by atoms with Gasteiger partial charge in [-0.25, -0.2) is 4.98 Å². The number of carbonyl (C=O) groups excluding carboxylic acids is 1. The fourth-order valence-electron chi connectivity index (χ4n) is 2.25. The number of hydrogen-bond donors (Lipinski definition) is 5. The number of nitrogens with zero attached hydrogens (tertiary/aromatic N) is 3. The summed E-state index contributed by atoms with van der Waals surface area (Å²) in [4.78, 5) is 32.8. The Bertz CT molecular complexity index is 769. The number of nitrogen functional groups attached to an aromatic ring is 1. The molecular formula is C10H12N6O5. The van der Waals surface area contributed by atoms with Gasteiger partial charge in [-0.05, 0) is 0 Å². The number of aromatic amines is 1. The minimum atomic E-state index is -1.50. The van der Waals surface area contributed by atoms with Crippen LogP contribution in [0.15, 0.2) is 11.1 Å². The number of aliphatic hydroxyl groups excluding tert-OH is 2. The van der Waals surface area contributed by atoms with Crippen molar-refractivity contribution in [3.05, 3.63) is 16.7 Å². The van der Waals surface area contributed by atoms with Gasteiger partial charge in [-0.1, -0.05) is 0 Å². The Morgan fingerprint density at radius 1 is 1.43 bits per heavy atom. The van der Waals surface area contributed by atoms with Gasteiger partial charge in [-0.3, -0.25) is 19.1 Å². The molecule has 1 saturated heterocycles. The summed E-state index contributed by atoms with van der Waals surface area (Å²) in [6.45, 7) is 0. The van der Waals surface area contributed by atoms with Crippen LogP contribution in [0.1, 0.15) is 6.23 Å². The molecular weight excluding hydrogens is 284 g/mol. The monoisotopic (exact) mass is 296 g/mol. The fraction of sp³-hybridized carbons (Fsp3) is 0.400. The molecule has 0 bridgehead atoms. The van der Waals surface area contributed by atoms with Gasteiger partial charge >= 0.3 is 0 Å². The van der Waals surface area contributed by atoms with Crippen molar-refractivity contribution in [1.29, 1.82) is 0 Å². The maximum atomic E-state index is 11.7. The Morgan fingerprint density at radius 3 is 2.76 bits per heavy atom. The van der Waals surface area contributed by atoms with Gasteiger partial charge in [0.1, 0.15) is 12.2 Å². The SMILES string of the molecule is NC(=O)[C@H]1O[C@@H](n2cnc3c(=O)[nH]c(N)nc32)[C@H](O)[C@@H]1O. The molecule has 11 heteroatoms. The van der Waals surface area contributed by atoms with Crippen LogP contribution in [0.4, 0.5) is 5.95 Å². The van der Waals surface area contributed by atoms with E-state index in [2.05, 4.69) is 15.0 Å². The Kier molecular flexibility index (Phi) is 2.90. The van der Waals surface area contributed by atoms with Crippen LogP contribution in [0.3, 0.4) is 0 Å². The average molecular weight is 296 g/mol. The molecule has 3 rings (SSSR count). The second-order valence-electron chi connectivity index (χ2n) is 4.61. The van der Waals surface area contributed by atoms with Gasteiger partial charge in [0.05, 0.1) is 6.33 Å². The molecule has 7 N–H and O–H groups in total. The minimum Gasteiger partial charge on any atom is -0.387 e. The van der Waals surface area contributed by atoms with E-state index in [0.29, 0.717) is 0 Å². The zero-order chi connectivity index (χ0) is 15.3. The van der Waals surface area contributed by atoms with Crippen molar-refractivity contribution < 1.29 is 19.7 Å². The van der Waals surface area contributed by atoms with E-state index < -0.39 is 36.0 Å². The van der Waals surface area contributed by atoms with Gasteiger partial charge in [-0.2, -0.15) is 4.98 Å². The number of imidazole rings is 1. The molecule has 11 nitrogen and oxygen atoms in total. The van der Waals surface area contributed by atoms with Gasteiger partial charge in [0.2, 0.25) is 11.9 Å². The van der Waals surface area contributed by atoms with E-state index in [1.54, 1.807) is 0 Å². The number of aliphatic hydroxyl groups is 2. The third kappa shape index (κ3) is 1.94. The van der Waals surface area contributed by atoms with Crippen LogP contribution in [0, 0.1) is 0 Å². The Hall–Kier alpha value is -2.50. The molecule has 0 saturated carbocycles. The number of amides is 1. The molecule has 2 aromatic heterocycles. The normalized spacial score (nSPS) is 29.0. The van der Waals surface area contributed by atoms with Crippen molar-refractivity contribution in [2.24, 2.45) is 5.73 Å². The maximum absolute atomic E-state index is 11.7. The zero-order valence-electron chi connectivity index (χ0n) is 10.5. The van der Waals surface area contributed by atoms with Gasteiger partial charge in [0, 0.05) is 0 Å². The standard InChI is InChI=1S/C10H12N6O5/c11-6(19)5-3(17)4(18)9(21-5)16-1-13-2-7(16)14-10(12)15-8(2)20/h1,3-5,9,17-18H,(H2,11,19)(H3,12,14,15,20)/t3-,4+,5-,9+/m0/s1. The van der Waals surface area contributed by atoms with E-state index >= 15 is 0 Å². The van der Waals surface area contributed by atoms with Crippen LogP contribution in [-0.2, 0) is 9.53 Å². The van der Waals surface area contributed by atoms with Crippen molar-refractivity contribution >= 4 is 23.0 Å². The highest BCUT2D eigenvalue weighted by atomic mass is 16.6. The molecule has 112 valence electrons. The number of aromatic nitrogens is 4. The quantitative estimate of drug-likeness (QED) is 0.384. The number of rotatable bonds is 2. The highest BCUT2D eigenvalue weighted by Gasteiger charge is 2.47. The number of H-pyrrole nitrogens is 1. The van der Waals surface area contributed by atoms with E-state index in [9.17, 15) is 19.8 Å². The van der Waals surface area contributed by atoms with E-state index in [0.717, 1.165) is 0 Å². The Morgan fingerprint density at radius 2 is 2.14 bits per heavy atom. The molecule has 1 aliphatic rings. The zero-order valence-corrected chi connectivity index (χ0v) is 10.5. The number of nitrogens with two attached hydrogens (primary N) is 2. The van der Waals surface area contributed by atoms with E-state index in [1.807, 2.05) is 0 Å². The molecule has 21 heavy (non-hydrogen) atoms. The van der Waals surface area contributed by atoms with Crippen molar-refractivity contribution in [3.8, 4) is 0 Å². The summed E-state index contributed by atoms with van der Waals surface area (Å²) in [6.07, 6.45) is -4.29. The molecule has 0 spiro atoms. The second-order valence-corrected chi connectivity index (χ2v) is 4.61. The summed E-state index contributed by atoms with van der Waals surface area (Å²) in [5.74, 6) is -1.06. The molecule has 3 heterocycles. The van der Waals surface area contributed by atoms with Gasteiger partial charge in [-0.15, -0.1) is 0 Å². The Labute approximate surface area is 116 Å². The first kappa shape index (κ1) is 13.5. The van der Waals surface area contributed by atoms with Crippen molar-refractivity contribution in [2.75, 3.05) is 5.73 Å². The minimum absolute atomic E-state index is 0.0167. The van der Waals surface area contributed by atoms with Crippen LogP contribution in [0.5, 0.6) is 0 Å². The first-order valence-corrected chi connectivity index (χ1v) is 5.93. The fourth-order valence-corrected chi connectivity index (χ4v) is 2.25. The summed E-state index contributed by atoms with van der Waals surface area (Å²) in [5.41, 5.74) is 10.0. The van der Waals surface area contributed by atoms with Crippen LogP contribution >= 0.6 is 0 Å². The number of nitrogens with one attached hydrogen (secondary N) is 1. The molecule has 1 amide bonds. The molecule has 1 fully saturated rings. The highest BCUT2D eigenvalue weighted by Crippen LogP contribution is 2.30. The predicted octanol–water partition coefficient (Wildman–Crippen LogP) is -3.19. The lowest BCUT2D eigenvalue weighted by molar-refractivity contribution is -0.134. The lowest BCUT2D eigenvalue weighted by atomic mass is 10.1. The lowest BCUT2D eigenvalue weighted by Gasteiger charge is -2.16. The third-order valence-corrected chi connectivity index (χ3v) is 3.24. The van der Waals surface area contributed by atoms with Gasteiger partial charge < -0.3 is 26.4 Å². The molecule has 1 aliphatic heterocycles. The summed E-state index contributed by atoms with van der Waals surface area (Å²) >= 11 is 0. The smallest absolute Gasteiger partial charge is 0.280 e. The van der Waals surface area contributed by atoms with Crippen LogP contribution in [-0.4, -0.2) is 54.0 Å². The van der Waals surface area contributed by atoms with Crippen molar-refractivity contribution in [3.63, 3.8) is 0 Å². The van der Waals surface area contributed by atoms with Crippen LogP contribution in [0.25, 0.3) is 11.2 Å². The van der Waals surface area contributed by atoms with Crippen molar-refractivity contribution in [2.45, 2.75) is 24.5 Å². The average Bonchev–Trinajstić information content (AvgIpc) is 2.93. The first-order chi connectivity index (χ1) is 9.90. The molecule has 2 aromatic rings. The number of primary amides is 1. The lowest BCUT2D eigenvalue weighted by Crippen LogP contribution is -2.39. The molecule has 0 unspecified atom stereocenters. The number of fused-ring (bicyclic) bond motifs is 1. The largest absolute Gasteiger partial charge is 0.387 e. The van der Waals surface area contributed by atoms with Gasteiger partial charge in [0.25, 0.3) is 5.56 Å².